The number of sulfonamides is 1. The van der Waals surface area contributed by atoms with Gasteiger partial charge in [0.05, 0.1) is 4.90 Å². The molecule has 0 spiro atoms. The van der Waals surface area contributed by atoms with Crippen LogP contribution in [0.25, 0.3) is 0 Å². The molecule has 2 aromatic rings. The Hall–Kier alpha value is -1.78. The highest BCUT2D eigenvalue weighted by molar-refractivity contribution is 9.10. The number of nitrogens with one attached hydrogen (secondary N) is 2. The second-order valence-corrected chi connectivity index (χ2v) is 8.29. The maximum absolute atomic E-state index is 12.1. The molecule has 1 heterocycles. The van der Waals surface area contributed by atoms with Crippen LogP contribution in [-0.4, -0.2) is 42.2 Å². The molecule has 0 aliphatic heterocycles. The van der Waals surface area contributed by atoms with Gasteiger partial charge >= 0.3 is 0 Å². The van der Waals surface area contributed by atoms with Crippen LogP contribution in [0.2, 0.25) is 0 Å². The summed E-state index contributed by atoms with van der Waals surface area (Å²) in [6.45, 7) is 2.37. The zero-order valence-electron chi connectivity index (χ0n) is 13.9. The molecule has 2 N–H and O–H groups in total. The maximum Gasteiger partial charge on any atom is 0.240 e. The molecule has 2 rings (SSSR count). The van der Waals surface area contributed by atoms with E-state index in [9.17, 15) is 13.2 Å². The van der Waals surface area contributed by atoms with Crippen molar-refractivity contribution in [2.24, 2.45) is 7.05 Å². The predicted octanol–water partition coefficient (Wildman–Crippen LogP) is 1.17. The van der Waals surface area contributed by atoms with Gasteiger partial charge in [0.1, 0.15) is 12.2 Å². The first-order chi connectivity index (χ1) is 11.8. The highest BCUT2D eigenvalue weighted by Gasteiger charge is 2.15. The number of rotatable bonds is 8. The second-order valence-electron chi connectivity index (χ2n) is 5.61. The summed E-state index contributed by atoms with van der Waals surface area (Å²) in [5.41, 5.74) is 0. The van der Waals surface area contributed by atoms with Gasteiger partial charge in [0, 0.05) is 36.9 Å². The molecule has 0 aliphatic carbocycles. The molecule has 136 valence electrons. The standard InChI is InChI=1S/C15H20BrN5O3S/c1-11(15-20-18-10-21(15)2)9-17-14(22)7-8-19-25(23,24)13-5-3-12(16)4-6-13/h3-6,10-11,19H,7-9H2,1-2H3,(H,17,22)/t11-/m0/s1. The molecule has 0 aliphatic rings. The Morgan fingerprint density at radius 2 is 2.00 bits per heavy atom. The Morgan fingerprint density at radius 3 is 2.60 bits per heavy atom. The Kier molecular flexibility index (Phi) is 6.68. The minimum atomic E-state index is -3.62. The lowest BCUT2D eigenvalue weighted by Gasteiger charge is -2.12. The Labute approximate surface area is 155 Å². The number of hydrogen-bond acceptors (Lipinski definition) is 5. The fraction of sp³-hybridized carbons (Fsp3) is 0.400. The maximum atomic E-state index is 12.1. The van der Waals surface area contributed by atoms with Gasteiger partial charge in [-0.3, -0.25) is 4.79 Å². The van der Waals surface area contributed by atoms with Gasteiger partial charge in [-0.2, -0.15) is 0 Å². The lowest BCUT2D eigenvalue weighted by Crippen LogP contribution is -2.32. The first-order valence-corrected chi connectivity index (χ1v) is 9.93. The monoisotopic (exact) mass is 429 g/mol. The van der Waals surface area contributed by atoms with E-state index in [-0.39, 0.29) is 29.7 Å². The summed E-state index contributed by atoms with van der Waals surface area (Å²) in [6.07, 6.45) is 1.66. The third-order valence-electron chi connectivity index (χ3n) is 3.56. The van der Waals surface area contributed by atoms with E-state index in [0.717, 1.165) is 10.3 Å². The molecule has 1 aromatic heterocycles. The highest BCUT2D eigenvalue weighted by Crippen LogP contribution is 2.14. The first-order valence-electron chi connectivity index (χ1n) is 7.65. The van der Waals surface area contributed by atoms with Gasteiger partial charge in [0.25, 0.3) is 0 Å². The molecule has 1 aromatic carbocycles. The van der Waals surface area contributed by atoms with E-state index < -0.39 is 10.0 Å². The molecule has 8 nitrogen and oxygen atoms in total. The number of hydrogen-bond donors (Lipinski definition) is 2. The molecule has 0 fully saturated rings. The number of halogens is 1. The minimum Gasteiger partial charge on any atom is -0.355 e. The van der Waals surface area contributed by atoms with E-state index >= 15 is 0 Å². The van der Waals surface area contributed by atoms with E-state index in [4.69, 9.17) is 0 Å². The number of amides is 1. The van der Waals surface area contributed by atoms with Crippen molar-refractivity contribution in [2.75, 3.05) is 13.1 Å². The zero-order valence-corrected chi connectivity index (χ0v) is 16.3. The summed E-state index contributed by atoms with van der Waals surface area (Å²) in [6, 6.07) is 6.29. The van der Waals surface area contributed by atoms with E-state index in [0.29, 0.717) is 6.54 Å². The van der Waals surface area contributed by atoms with Gasteiger partial charge in [-0.1, -0.05) is 22.9 Å². The summed E-state index contributed by atoms with van der Waals surface area (Å²) in [7, 11) is -1.78. The van der Waals surface area contributed by atoms with Crippen molar-refractivity contribution in [3.63, 3.8) is 0 Å². The van der Waals surface area contributed by atoms with Crippen LogP contribution in [0.5, 0.6) is 0 Å². The molecular weight excluding hydrogens is 410 g/mol. The number of aryl methyl sites for hydroxylation is 1. The average Bonchev–Trinajstić information content (AvgIpc) is 2.99. The summed E-state index contributed by atoms with van der Waals surface area (Å²) in [5.74, 6) is 0.555. The molecule has 0 bridgehead atoms. The zero-order chi connectivity index (χ0) is 18.4. The van der Waals surface area contributed by atoms with Crippen LogP contribution >= 0.6 is 15.9 Å². The van der Waals surface area contributed by atoms with Gasteiger partial charge < -0.3 is 9.88 Å². The van der Waals surface area contributed by atoms with Crippen molar-refractivity contribution in [1.29, 1.82) is 0 Å². The smallest absolute Gasteiger partial charge is 0.240 e. The van der Waals surface area contributed by atoms with Crippen molar-refractivity contribution in [2.45, 2.75) is 24.2 Å². The first kappa shape index (κ1) is 19.5. The number of benzene rings is 1. The Bertz CT molecular complexity index is 820. The molecule has 0 unspecified atom stereocenters. The van der Waals surface area contributed by atoms with Gasteiger partial charge in [0.15, 0.2) is 0 Å². The average molecular weight is 430 g/mol. The van der Waals surface area contributed by atoms with Crippen molar-refractivity contribution in [3.8, 4) is 0 Å². The molecule has 1 amide bonds. The molecule has 10 heteroatoms. The molecular formula is C15H20BrN5O3S. The van der Waals surface area contributed by atoms with Gasteiger partial charge in [0.2, 0.25) is 15.9 Å². The SMILES string of the molecule is C[C@@H](CNC(=O)CCNS(=O)(=O)c1ccc(Br)cc1)c1nncn1C. The fourth-order valence-electron chi connectivity index (χ4n) is 2.18. The van der Waals surface area contributed by atoms with Gasteiger partial charge in [-0.25, -0.2) is 13.1 Å². The molecule has 1 atom stereocenters. The number of aromatic nitrogens is 3. The molecule has 0 radical (unpaired) electrons. The molecule has 0 saturated carbocycles. The summed E-state index contributed by atoms with van der Waals surface area (Å²) in [5, 5.41) is 10.6. The third-order valence-corrected chi connectivity index (χ3v) is 5.57. The van der Waals surface area contributed by atoms with Gasteiger partial charge in [-0.15, -0.1) is 10.2 Å². The van der Waals surface area contributed by atoms with Crippen LogP contribution in [-0.2, 0) is 21.9 Å². The Morgan fingerprint density at radius 1 is 1.32 bits per heavy atom. The van der Waals surface area contributed by atoms with Crippen LogP contribution in [0.15, 0.2) is 40.0 Å². The topological polar surface area (TPSA) is 106 Å². The summed E-state index contributed by atoms with van der Waals surface area (Å²) in [4.78, 5) is 12.0. The van der Waals surface area contributed by atoms with E-state index in [1.165, 1.54) is 12.1 Å². The van der Waals surface area contributed by atoms with Crippen molar-refractivity contribution in [3.05, 3.63) is 40.9 Å². The van der Waals surface area contributed by atoms with Crippen LogP contribution in [0.4, 0.5) is 0 Å². The largest absolute Gasteiger partial charge is 0.355 e. The lowest BCUT2D eigenvalue weighted by atomic mass is 10.1. The fourth-order valence-corrected chi connectivity index (χ4v) is 3.48. The van der Waals surface area contributed by atoms with E-state index in [1.807, 2.05) is 14.0 Å². The molecule has 25 heavy (non-hydrogen) atoms. The number of nitrogens with zero attached hydrogens (tertiary/aromatic N) is 3. The van der Waals surface area contributed by atoms with E-state index in [2.05, 4.69) is 36.2 Å². The number of carbonyl (C=O) groups is 1. The van der Waals surface area contributed by atoms with Gasteiger partial charge in [-0.05, 0) is 24.3 Å². The normalized spacial score (nSPS) is 12.8. The summed E-state index contributed by atoms with van der Waals surface area (Å²) < 4.78 is 29.2. The minimum absolute atomic E-state index is 0.0101. The summed E-state index contributed by atoms with van der Waals surface area (Å²) >= 11 is 3.25. The highest BCUT2D eigenvalue weighted by atomic mass is 79.9. The van der Waals surface area contributed by atoms with Crippen LogP contribution in [0, 0.1) is 0 Å². The van der Waals surface area contributed by atoms with Crippen molar-refractivity contribution in [1.82, 2.24) is 24.8 Å². The quantitative estimate of drug-likeness (QED) is 0.654. The Balaban J connectivity index is 1.76. The van der Waals surface area contributed by atoms with Crippen LogP contribution < -0.4 is 10.0 Å². The van der Waals surface area contributed by atoms with Crippen molar-refractivity contribution < 1.29 is 13.2 Å². The lowest BCUT2D eigenvalue weighted by molar-refractivity contribution is -0.121. The second kappa shape index (κ2) is 8.54. The number of carbonyl (C=O) groups excluding carboxylic acids is 1. The molecule has 0 saturated heterocycles. The van der Waals surface area contributed by atoms with Crippen molar-refractivity contribution >= 4 is 31.9 Å². The van der Waals surface area contributed by atoms with Crippen LogP contribution in [0.1, 0.15) is 25.1 Å². The van der Waals surface area contributed by atoms with Crippen LogP contribution in [0.3, 0.4) is 0 Å². The predicted molar refractivity (Wildman–Crippen MR) is 96.4 cm³/mol. The third kappa shape index (κ3) is 5.62. The van der Waals surface area contributed by atoms with E-state index in [1.54, 1.807) is 23.0 Å².